The summed E-state index contributed by atoms with van der Waals surface area (Å²) in [5.74, 6) is -14.3. The summed E-state index contributed by atoms with van der Waals surface area (Å²) in [7, 11) is 0. The van der Waals surface area contributed by atoms with E-state index in [1.54, 1.807) is 0 Å². The zero-order chi connectivity index (χ0) is 29.6. The van der Waals surface area contributed by atoms with Crippen LogP contribution in [0.2, 0.25) is 0 Å². The first-order chi connectivity index (χ1) is 19.3. The zero-order valence-electron chi connectivity index (χ0n) is 22.6. The highest BCUT2D eigenvalue weighted by atomic mass is 19.2. The van der Waals surface area contributed by atoms with Gasteiger partial charge >= 0.3 is 11.9 Å². The van der Waals surface area contributed by atoms with Crippen molar-refractivity contribution in [1.82, 2.24) is 0 Å². The summed E-state index contributed by atoms with van der Waals surface area (Å²) in [6, 6.07) is 0. The van der Waals surface area contributed by atoms with Crippen molar-refractivity contribution >= 4 is 11.9 Å². The smallest absolute Gasteiger partial charge is 0.313 e. The van der Waals surface area contributed by atoms with Gasteiger partial charge in [-0.1, -0.05) is 26.2 Å². The van der Waals surface area contributed by atoms with Gasteiger partial charge in [0.1, 0.15) is 6.61 Å². The fourth-order valence-corrected chi connectivity index (χ4v) is 2.96. The second-order valence-electron chi connectivity index (χ2n) is 8.22. The summed E-state index contributed by atoms with van der Waals surface area (Å²) in [4.78, 5) is 23.1. The number of benzene rings is 1. The molecule has 40 heavy (non-hydrogen) atoms. The Morgan fingerprint density at radius 1 is 0.500 bits per heavy atom. The Labute approximate surface area is 230 Å². The summed E-state index contributed by atoms with van der Waals surface area (Å²) >= 11 is 0. The number of rotatable bonds is 24. The highest BCUT2D eigenvalue weighted by Crippen LogP contribution is 2.29. The molecule has 0 aliphatic heterocycles. The van der Waals surface area contributed by atoms with Gasteiger partial charge in [-0.15, -0.1) is 0 Å². The third-order valence-electron chi connectivity index (χ3n) is 5.05. The molecule has 0 saturated carbocycles. The maximum atomic E-state index is 13.5. The van der Waals surface area contributed by atoms with Crippen LogP contribution in [-0.2, 0) is 38.0 Å². The minimum atomic E-state index is -2.35. The Bertz CT molecular complexity index is 844. The lowest BCUT2D eigenvalue weighted by molar-refractivity contribution is -0.145. The molecule has 0 spiro atoms. The fourth-order valence-electron chi connectivity index (χ4n) is 2.96. The van der Waals surface area contributed by atoms with E-state index in [-0.39, 0.29) is 39.0 Å². The van der Waals surface area contributed by atoms with E-state index in [1.165, 1.54) is 0 Å². The minimum absolute atomic E-state index is 0.0804. The SMILES string of the molecule is CCCCCCC(=O)OCCOCCOCCOCCOCCOCCC(=O)Oc1c(F)c(F)c(F)c(F)c1F. The lowest BCUT2D eigenvalue weighted by atomic mass is 10.2. The molecule has 0 amide bonds. The van der Waals surface area contributed by atoms with Crippen molar-refractivity contribution in [3.63, 3.8) is 0 Å². The van der Waals surface area contributed by atoms with Gasteiger partial charge < -0.3 is 33.2 Å². The van der Waals surface area contributed by atoms with Gasteiger partial charge in [0.2, 0.25) is 34.8 Å². The van der Waals surface area contributed by atoms with Crippen molar-refractivity contribution in [2.75, 3.05) is 72.7 Å². The molecule has 0 N–H and O–H groups in total. The van der Waals surface area contributed by atoms with Crippen molar-refractivity contribution in [2.45, 2.75) is 45.4 Å². The molecular formula is C26H37F5O9. The molecule has 0 bridgehead atoms. The van der Waals surface area contributed by atoms with Gasteiger partial charge in [0.25, 0.3) is 0 Å². The molecule has 0 aromatic heterocycles. The Morgan fingerprint density at radius 2 is 0.925 bits per heavy atom. The number of unbranched alkanes of at least 4 members (excludes halogenated alkanes) is 3. The first kappa shape index (κ1) is 35.6. The molecule has 1 aromatic rings. The van der Waals surface area contributed by atoms with Crippen LogP contribution in [0, 0.1) is 29.1 Å². The highest BCUT2D eigenvalue weighted by molar-refractivity contribution is 5.72. The average Bonchev–Trinajstić information content (AvgIpc) is 2.94. The molecule has 9 nitrogen and oxygen atoms in total. The van der Waals surface area contributed by atoms with Crippen molar-refractivity contribution in [3.05, 3.63) is 29.1 Å². The first-order valence-corrected chi connectivity index (χ1v) is 13.1. The van der Waals surface area contributed by atoms with Crippen LogP contribution in [0.4, 0.5) is 22.0 Å². The molecule has 0 aliphatic rings. The van der Waals surface area contributed by atoms with Gasteiger partial charge in [0.15, 0.2) is 0 Å². The fraction of sp³-hybridized carbons (Fsp3) is 0.692. The molecule has 0 heterocycles. The minimum Gasteiger partial charge on any atom is -0.463 e. The molecule has 1 aromatic carbocycles. The van der Waals surface area contributed by atoms with Gasteiger partial charge in [0, 0.05) is 6.42 Å². The van der Waals surface area contributed by atoms with Gasteiger partial charge in [-0.05, 0) is 6.42 Å². The molecule has 14 heteroatoms. The van der Waals surface area contributed by atoms with Crippen molar-refractivity contribution < 1.29 is 64.7 Å². The summed E-state index contributed by atoms with van der Waals surface area (Å²) < 4.78 is 102. The molecular weight excluding hydrogens is 551 g/mol. The molecule has 1 rings (SSSR count). The summed E-state index contributed by atoms with van der Waals surface area (Å²) in [5, 5.41) is 0. The Hall–Kier alpha value is -2.39. The van der Waals surface area contributed by atoms with E-state index in [0.717, 1.165) is 25.7 Å². The number of carbonyl (C=O) groups excluding carboxylic acids is 2. The quantitative estimate of drug-likeness (QED) is 0.0438. The standard InChI is InChI=1S/C26H37F5O9/c1-2-3-4-5-6-19(32)39-18-17-38-16-15-37-14-13-36-12-11-35-10-9-34-8-7-20(33)40-26-24(30)22(28)21(27)23(29)25(26)31/h2-18H2,1H3. The van der Waals surface area contributed by atoms with Crippen molar-refractivity contribution in [1.29, 1.82) is 0 Å². The van der Waals surface area contributed by atoms with E-state index in [4.69, 9.17) is 28.4 Å². The van der Waals surface area contributed by atoms with Gasteiger partial charge in [-0.25, -0.2) is 13.2 Å². The van der Waals surface area contributed by atoms with Crippen LogP contribution in [0.1, 0.15) is 45.4 Å². The van der Waals surface area contributed by atoms with E-state index < -0.39 is 47.2 Å². The second kappa shape index (κ2) is 22.3. The third-order valence-corrected chi connectivity index (χ3v) is 5.05. The largest absolute Gasteiger partial charge is 0.463 e. The van der Waals surface area contributed by atoms with E-state index >= 15 is 0 Å². The van der Waals surface area contributed by atoms with E-state index in [2.05, 4.69) is 11.7 Å². The predicted octanol–water partition coefficient (Wildman–Crippen LogP) is 4.27. The third kappa shape index (κ3) is 15.4. The van der Waals surface area contributed by atoms with Gasteiger partial charge in [-0.3, -0.25) is 9.59 Å². The Morgan fingerprint density at radius 3 is 1.40 bits per heavy atom. The monoisotopic (exact) mass is 588 g/mol. The Balaban J connectivity index is 1.88. The molecule has 0 aliphatic carbocycles. The van der Waals surface area contributed by atoms with Crippen LogP contribution >= 0.6 is 0 Å². The molecule has 230 valence electrons. The first-order valence-electron chi connectivity index (χ1n) is 13.1. The molecule has 0 saturated heterocycles. The molecule has 0 fully saturated rings. The van der Waals surface area contributed by atoms with E-state index in [0.29, 0.717) is 46.1 Å². The van der Waals surface area contributed by atoms with E-state index in [9.17, 15) is 31.5 Å². The van der Waals surface area contributed by atoms with Crippen molar-refractivity contribution in [3.8, 4) is 5.75 Å². The van der Waals surface area contributed by atoms with Crippen LogP contribution < -0.4 is 4.74 Å². The molecule has 0 atom stereocenters. The predicted molar refractivity (Wildman–Crippen MR) is 130 cm³/mol. The van der Waals surface area contributed by atoms with Crippen LogP contribution in [0.5, 0.6) is 5.75 Å². The molecule has 0 radical (unpaired) electrons. The van der Waals surface area contributed by atoms with E-state index in [1.807, 2.05) is 0 Å². The maximum absolute atomic E-state index is 13.5. The Kier molecular flexibility index (Phi) is 19.9. The summed E-state index contributed by atoms with van der Waals surface area (Å²) in [5.41, 5.74) is 0. The maximum Gasteiger partial charge on any atom is 0.313 e. The number of hydrogen-bond donors (Lipinski definition) is 0. The van der Waals surface area contributed by atoms with Crippen molar-refractivity contribution in [2.24, 2.45) is 0 Å². The van der Waals surface area contributed by atoms with Crippen LogP contribution in [0.15, 0.2) is 0 Å². The number of hydrogen-bond acceptors (Lipinski definition) is 9. The number of esters is 2. The number of ether oxygens (including phenoxy) is 7. The highest BCUT2D eigenvalue weighted by Gasteiger charge is 2.28. The zero-order valence-corrected chi connectivity index (χ0v) is 22.6. The number of halogens is 5. The van der Waals surface area contributed by atoms with Gasteiger partial charge in [0.05, 0.1) is 72.5 Å². The second-order valence-corrected chi connectivity index (χ2v) is 8.22. The summed E-state index contributed by atoms with van der Waals surface area (Å²) in [6.45, 7) is 4.68. The molecule has 0 unspecified atom stereocenters. The average molecular weight is 589 g/mol. The lowest BCUT2D eigenvalue weighted by Crippen LogP contribution is -2.16. The lowest BCUT2D eigenvalue weighted by Gasteiger charge is -2.09. The van der Waals surface area contributed by atoms with Crippen LogP contribution in [0.3, 0.4) is 0 Å². The number of carbonyl (C=O) groups is 2. The topological polar surface area (TPSA) is 98.8 Å². The van der Waals surface area contributed by atoms with Crippen LogP contribution in [-0.4, -0.2) is 84.6 Å². The normalized spacial score (nSPS) is 11.2. The summed E-state index contributed by atoms with van der Waals surface area (Å²) in [6.07, 6.45) is 4.06. The van der Waals surface area contributed by atoms with Gasteiger partial charge in [-0.2, -0.15) is 8.78 Å². The van der Waals surface area contributed by atoms with Crippen LogP contribution in [0.25, 0.3) is 0 Å².